The zero-order valence-corrected chi connectivity index (χ0v) is 9.68. The molecule has 0 aromatic heterocycles. The van der Waals surface area contributed by atoms with Gasteiger partial charge >= 0.3 is 6.18 Å². The van der Waals surface area contributed by atoms with Gasteiger partial charge in [0.25, 0.3) is 0 Å². The molecular weight excluding hydrogens is 219 g/mol. The molecule has 0 atom stereocenters. The highest BCUT2D eigenvalue weighted by molar-refractivity contribution is 5.79. The Labute approximate surface area is 93.8 Å². The molecule has 1 saturated carbocycles. The van der Waals surface area contributed by atoms with Crippen molar-refractivity contribution in [2.75, 3.05) is 6.54 Å². The minimum Gasteiger partial charge on any atom is -0.300 e. The first kappa shape index (κ1) is 13.5. The van der Waals surface area contributed by atoms with Crippen LogP contribution in [0.5, 0.6) is 0 Å². The van der Waals surface area contributed by atoms with Crippen molar-refractivity contribution in [2.24, 2.45) is 0 Å². The predicted octanol–water partition coefficient (Wildman–Crippen LogP) is 2.77. The van der Waals surface area contributed by atoms with Crippen LogP contribution in [0.25, 0.3) is 0 Å². The van der Waals surface area contributed by atoms with E-state index < -0.39 is 12.7 Å². The van der Waals surface area contributed by atoms with Gasteiger partial charge in [-0.2, -0.15) is 13.2 Å². The zero-order valence-electron chi connectivity index (χ0n) is 9.68. The molecule has 0 heterocycles. The Kier molecular flexibility index (Phi) is 4.35. The lowest BCUT2D eigenvalue weighted by Gasteiger charge is -2.37. The molecule has 16 heavy (non-hydrogen) atoms. The van der Waals surface area contributed by atoms with Gasteiger partial charge in [0.2, 0.25) is 0 Å². The number of ketones is 1. The first-order valence-electron chi connectivity index (χ1n) is 5.64. The number of hydrogen-bond acceptors (Lipinski definition) is 2. The first-order chi connectivity index (χ1) is 7.29. The molecule has 0 amide bonds. The molecule has 0 spiro atoms. The Balaban J connectivity index is 2.60. The number of carbonyl (C=O) groups excluding carboxylic acids is 1. The molecule has 0 aliphatic heterocycles. The Morgan fingerprint density at radius 1 is 1.31 bits per heavy atom. The Morgan fingerprint density at radius 3 is 2.19 bits per heavy atom. The fraction of sp³-hybridized carbons (Fsp3) is 0.909. The highest BCUT2D eigenvalue weighted by Crippen LogP contribution is 2.26. The number of halogens is 3. The molecule has 1 fully saturated rings. The van der Waals surface area contributed by atoms with E-state index in [1.165, 1.54) is 4.90 Å². The van der Waals surface area contributed by atoms with Crippen molar-refractivity contribution in [1.29, 1.82) is 0 Å². The Bertz CT molecular complexity index is 240. The summed E-state index contributed by atoms with van der Waals surface area (Å²) in [6.07, 6.45) is -2.19. The summed E-state index contributed by atoms with van der Waals surface area (Å²) in [4.78, 5) is 12.5. The number of carbonyl (C=O) groups is 1. The smallest absolute Gasteiger partial charge is 0.300 e. The summed E-state index contributed by atoms with van der Waals surface area (Å²) in [7, 11) is 0. The maximum Gasteiger partial charge on any atom is 0.401 e. The molecule has 5 heteroatoms. The van der Waals surface area contributed by atoms with Crippen molar-refractivity contribution in [3.63, 3.8) is 0 Å². The van der Waals surface area contributed by atoms with E-state index >= 15 is 0 Å². The van der Waals surface area contributed by atoms with Crippen LogP contribution < -0.4 is 0 Å². The summed E-state index contributed by atoms with van der Waals surface area (Å²) in [5, 5.41) is 0. The van der Waals surface area contributed by atoms with Crippen LogP contribution in [0.3, 0.4) is 0 Å². The molecule has 94 valence electrons. The monoisotopic (exact) mass is 237 g/mol. The number of hydrogen-bond donors (Lipinski definition) is 0. The highest BCUT2D eigenvalue weighted by atomic mass is 19.4. The van der Waals surface area contributed by atoms with Crippen LogP contribution >= 0.6 is 0 Å². The maximum absolute atomic E-state index is 12.4. The van der Waals surface area contributed by atoms with Crippen LogP contribution in [0, 0.1) is 0 Å². The van der Waals surface area contributed by atoms with E-state index in [4.69, 9.17) is 0 Å². The maximum atomic E-state index is 12.4. The largest absolute Gasteiger partial charge is 0.401 e. The second-order valence-corrected chi connectivity index (χ2v) is 4.65. The average Bonchev–Trinajstić information content (AvgIpc) is 2.14. The Morgan fingerprint density at radius 2 is 1.81 bits per heavy atom. The van der Waals surface area contributed by atoms with Crippen LogP contribution in [0.4, 0.5) is 13.2 Å². The topological polar surface area (TPSA) is 20.3 Å². The van der Waals surface area contributed by atoms with Gasteiger partial charge in [0.05, 0.1) is 6.54 Å². The summed E-state index contributed by atoms with van der Waals surface area (Å²) in [6.45, 7) is 2.66. The van der Waals surface area contributed by atoms with Crippen LogP contribution in [0.2, 0.25) is 0 Å². The van der Waals surface area contributed by atoms with Gasteiger partial charge in [0.15, 0.2) is 0 Å². The Hall–Kier alpha value is -0.580. The lowest BCUT2D eigenvalue weighted by atomic mass is 9.92. The van der Waals surface area contributed by atoms with Crippen molar-refractivity contribution >= 4 is 5.78 Å². The van der Waals surface area contributed by atoms with Gasteiger partial charge in [-0.05, 0) is 26.7 Å². The number of nitrogens with zero attached hydrogens (tertiary/aromatic N) is 1. The third-order valence-corrected chi connectivity index (χ3v) is 3.01. The number of rotatable bonds is 3. The molecule has 0 unspecified atom stereocenters. The molecule has 0 saturated heterocycles. The van der Waals surface area contributed by atoms with Gasteiger partial charge in [-0.15, -0.1) is 0 Å². The fourth-order valence-electron chi connectivity index (χ4n) is 2.20. The van der Waals surface area contributed by atoms with E-state index in [2.05, 4.69) is 0 Å². The van der Waals surface area contributed by atoms with Gasteiger partial charge in [-0.3, -0.25) is 9.69 Å². The van der Waals surface area contributed by atoms with Gasteiger partial charge < -0.3 is 0 Å². The molecule has 1 aliphatic rings. The van der Waals surface area contributed by atoms with Crippen LogP contribution in [-0.4, -0.2) is 35.5 Å². The molecule has 0 aromatic carbocycles. The minimum absolute atomic E-state index is 0.0978. The average molecular weight is 237 g/mol. The summed E-state index contributed by atoms with van der Waals surface area (Å²) in [5.41, 5.74) is 0. The van der Waals surface area contributed by atoms with Crippen molar-refractivity contribution < 1.29 is 18.0 Å². The lowest BCUT2D eigenvalue weighted by Crippen LogP contribution is -2.47. The van der Waals surface area contributed by atoms with Gasteiger partial charge in [0, 0.05) is 24.9 Å². The lowest BCUT2D eigenvalue weighted by molar-refractivity contribution is -0.157. The summed E-state index contributed by atoms with van der Waals surface area (Å²) in [5.74, 6) is 0.173. The summed E-state index contributed by atoms with van der Waals surface area (Å²) < 4.78 is 37.2. The quantitative estimate of drug-likeness (QED) is 0.752. The number of alkyl halides is 3. The van der Waals surface area contributed by atoms with Gasteiger partial charge in [-0.25, -0.2) is 0 Å². The van der Waals surface area contributed by atoms with Crippen molar-refractivity contribution in [1.82, 2.24) is 4.90 Å². The second-order valence-electron chi connectivity index (χ2n) is 4.65. The van der Waals surface area contributed by atoms with E-state index in [0.717, 1.165) is 0 Å². The van der Waals surface area contributed by atoms with E-state index in [1.54, 1.807) is 13.8 Å². The molecule has 1 rings (SSSR count). The second kappa shape index (κ2) is 5.17. The van der Waals surface area contributed by atoms with Crippen LogP contribution in [-0.2, 0) is 4.79 Å². The van der Waals surface area contributed by atoms with E-state index in [0.29, 0.717) is 25.7 Å². The zero-order chi connectivity index (χ0) is 12.3. The first-order valence-corrected chi connectivity index (χ1v) is 5.64. The fourth-order valence-corrected chi connectivity index (χ4v) is 2.20. The van der Waals surface area contributed by atoms with Crippen molar-refractivity contribution in [2.45, 2.75) is 57.8 Å². The SMILES string of the molecule is CC(C)N(CC(F)(F)F)C1CCC(=O)CC1. The van der Waals surface area contributed by atoms with Crippen molar-refractivity contribution in [3.8, 4) is 0 Å². The normalized spacial score (nSPS) is 19.8. The van der Waals surface area contributed by atoms with Crippen LogP contribution in [0.1, 0.15) is 39.5 Å². The molecule has 1 aliphatic carbocycles. The number of Topliss-reactive ketones (excluding diaryl/α,β-unsaturated/α-hetero) is 1. The summed E-state index contributed by atoms with van der Waals surface area (Å²) in [6, 6.07) is -0.237. The molecule has 2 nitrogen and oxygen atoms in total. The third kappa shape index (κ3) is 4.12. The summed E-state index contributed by atoms with van der Waals surface area (Å²) >= 11 is 0. The minimum atomic E-state index is -4.16. The molecule has 0 N–H and O–H groups in total. The molecule has 0 radical (unpaired) electrons. The third-order valence-electron chi connectivity index (χ3n) is 3.01. The van der Waals surface area contributed by atoms with Gasteiger partial charge in [0.1, 0.15) is 5.78 Å². The van der Waals surface area contributed by atoms with E-state index in [1.807, 2.05) is 0 Å². The molecule has 0 bridgehead atoms. The molecular formula is C11H18F3NO. The predicted molar refractivity (Wildman–Crippen MR) is 55.2 cm³/mol. The van der Waals surface area contributed by atoms with Crippen molar-refractivity contribution in [3.05, 3.63) is 0 Å². The molecule has 0 aromatic rings. The van der Waals surface area contributed by atoms with E-state index in [-0.39, 0.29) is 17.9 Å². The highest BCUT2D eigenvalue weighted by Gasteiger charge is 2.36. The van der Waals surface area contributed by atoms with E-state index in [9.17, 15) is 18.0 Å². The van der Waals surface area contributed by atoms with Gasteiger partial charge in [-0.1, -0.05) is 0 Å². The van der Waals surface area contributed by atoms with Crippen LogP contribution in [0.15, 0.2) is 0 Å². The standard InChI is InChI=1S/C11H18F3NO/c1-8(2)15(7-11(12,13)14)9-3-5-10(16)6-4-9/h8-9H,3-7H2,1-2H3.